The molecular formula is C14H26OS2. The van der Waals surface area contributed by atoms with Crippen molar-refractivity contribution >= 4 is 23.5 Å². The molecule has 100 valence electrons. The summed E-state index contributed by atoms with van der Waals surface area (Å²) in [5.41, 5.74) is 0. The van der Waals surface area contributed by atoms with E-state index in [1.807, 2.05) is 11.8 Å². The zero-order valence-corrected chi connectivity index (χ0v) is 12.6. The van der Waals surface area contributed by atoms with E-state index in [2.05, 4.69) is 18.7 Å². The van der Waals surface area contributed by atoms with Crippen LogP contribution in [0.2, 0.25) is 0 Å². The first kappa shape index (κ1) is 14.1. The van der Waals surface area contributed by atoms with Crippen LogP contribution in [0.3, 0.4) is 0 Å². The smallest absolute Gasteiger partial charge is 0.0672 e. The first-order valence-electron chi connectivity index (χ1n) is 7.22. The zero-order valence-electron chi connectivity index (χ0n) is 10.9. The van der Waals surface area contributed by atoms with Gasteiger partial charge in [-0.15, -0.1) is 0 Å². The molecule has 3 atom stereocenters. The fourth-order valence-electron chi connectivity index (χ4n) is 3.19. The van der Waals surface area contributed by atoms with Gasteiger partial charge in [-0.2, -0.15) is 23.5 Å². The molecule has 2 aliphatic rings. The average molecular weight is 274 g/mol. The number of hydrogen-bond donors (Lipinski definition) is 1. The Kier molecular flexibility index (Phi) is 6.04. The number of hydrogen-bond acceptors (Lipinski definition) is 3. The highest BCUT2D eigenvalue weighted by Gasteiger charge is 2.32. The highest BCUT2D eigenvalue weighted by Crippen LogP contribution is 2.38. The summed E-state index contributed by atoms with van der Waals surface area (Å²) in [6.45, 7) is 2.27. The highest BCUT2D eigenvalue weighted by molar-refractivity contribution is 8.07. The third-order valence-electron chi connectivity index (χ3n) is 4.17. The normalized spacial score (nSPS) is 33.5. The third-order valence-corrected chi connectivity index (χ3v) is 7.57. The molecule has 1 saturated heterocycles. The lowest BCUT2D eigenvalue weighted by atomic mass is 9.84. The molecule has 0 bridgehead atoms. The van der Waals surface area contributed by atoms with Gasteiger partial charge in [0, 0.05) is 22.0 Å². The van der Waals surface area contributed by atoms with Crippen LogP contribution >= 0.6 is 23.5 Å². The van der Waals surface area contributed by atoms with Crippen LogP contribution in [-0.2, 0) is 0 Å². The molecule has 2 rings (SSSR count). The maximum atomic E-state index is 10.5. The number of thioether (sulfide) groups is 2. The summed E-state index contributed by atoms with van der Waals surface area (Å²) in [4.78, 5) is 0. The van der Waals surface area contributed by atoms with Gasteiger partial charge in [0.25, 0.3) is 0 Å². The van der Waals surface area contributed by atoms with E-state index >= 15 is 0 Å². The predicted octanol–water partition coefficient (Wildman–Crippen LogP) is 3.94. The van der Waals surface area contributed by atoms with Gasteiger partial charge < -0.3 is 5.11 Å². The number of aliphatic hydroxyl groups excluding tert-OH is 1. The van der Waals surface area contributed by atoms with Crippen molar-refractivity contribution in [2.45, 2.75) is 68.5 Å². The molecule has 0 aromatic heterocycles. The topological polar surface area (TPSA) is 20.2 Å². The van der Waals surface area contributed by atoms with Crippen LogP contribution in [0.5, 0.6) is 0 Å². The van der Waals surface area contributed by atoms with E-state index in [9.17, 15) is 5.11 Å². The van der Waals surface area contributed by atoms with Crippen molar-refractivity contribution in [1.29, 1.82) is 0 Å². The minimum atomic E-state index is -0.0548. The second-order valence-corrected chi connectivity index (χ2v) is 8.09. The maximum absolute atomic E-state index is 10.5. The zero-order chi connectivity index (χ0) is 12.1. The van der Waals surface area contributed by atoms with Gasteiger partial charge in [0.15, 0.2) is 0 Å². The van der Waals surface area contributed by atoms with Gasteiger partial charge in [-0.3, -0.25) is 0 Å². The molecule has 17 heavy (non-hydrogen) atoms. The van der Waals surface area contributed by atoms with Gasteiger partial charge >= 0.3 is 0 Å². The molecule has 0 amide bonds. The lowest BCUT2D eigenvalue weighted by molar-refractivity contribution is 0.126. The standard InChI is InChI=1S/C14H26OS2/c1-2-13-14(17-9-8-16-13)12(15)10-11-6-4-3-5-7-11/h11-15H,2-10H2,1H3. The van der Waals surface area contributed by atoms with Crippen LogP contribution in [0.1, 0.15) is 51.9 Å². The first-order valence-corrected chi connectivity index (χ1v) is 9.32. The van der Waals surface area contributed by atoms with Gasteiger partial charge in [-0.25, -0.2) is 0 Å². The van der Waals surface area contributed by atoms with Crippen molar-refractivity contribution in [2.24, 2.45) is 5.92 Å². The summed E-state index contributed by atoms with van der Waals surface area (Å²) >= 11 is 4.10. The Hall–Kier alpha value is 0.660. The van der Waals surface area contributed by atoms with E-state index < -0.39 is 0 Å². The van der Waals surface area contributed by atoms with Crippen molar-refractivity contribution in [2.75, 3.05) is 11.5 Å². The third kappa shape index (κ3) is 4.07. The lowest BCUT2D eigenvalue weighted by Gasteiger charge is -2.35. The second kappa shape index (κ2) is 7.30. The van der Waals surface area contributed by atoms with Crippen LogP contribution in [0.4, 0.5) is 0 Å². The molecular weight excluding hydrogens is 248 g/mol. The Labute approximate surface area is 115 Å². The molecule has 1 saturated carbocycles. The van der Waals surface area contributed by atoms with Gasteiger partial charge in [-0.05, 0) is 18.8 Å². The first-order chi connectivity index (χ1) is 8.31. The van der Waals surface area contributed by atoms with Gasteiger partial charge in [-0.1, -0.05) is 39.0 Å². The van der Waals surface area contributed by atoms with E-state index in [0.717, 1.165) is 12.3 Å². The summed E-state index contributed by atoms with van der Waals surface area (Å²) in [5, 5.41) is 11.7. The van der Waals surface area contributed by atoms with E-state index in [4.69, 9.17) is 0 Å². The van der Waals surface area contributed by atoms with Crippen LogP contribution < -0.4 is 0 Å². The SMILES string of the molecule is CCC1SCCSC1C(O)CC1CCCCC1. The van der Waals surface area contributed by atoms with Crippen LogP contribution in [0.25, 0.3) is 0 Å². The summed E-state index contributed by atoms with van der Waals surface area (Å²) < 4.78 is 0. The molecule has 1 nitrogen and oxygen atoms in total. The molecule has 0 aromatic rings. The minimum absolute atomic E-state index is 0.0548. The van der Waals surface area contributed by atoms with E-state index in [0.29, 0.717) is 10.5 Å². The van der Waals surface area contributed by atoms with Crippen molar-refractivity contribution in [3.63, 3.8) is 0 Å². The van der Waals surface area contributed by atoms with Crippen molar-refractivity contribution in [3.8, 4) is 0 Å². The average Bonchev–Trinajstić information content (AvgIpc) is 2.40. The Morgan fingerprint density at radius 2 is 1.82 bits per heavy atom. The van der Waals surface area contributed by atoms with E-state index in [1.54, 1.807) is 0 Å². The summed E-state index contributed by atoms with van der Waals surface area (Å²) in [5.74, 6) is 3.31. The highest BCUT2D eigenvalue weighted by atomic mass is 32.2. The van der Waals surface area contributed by atoms with Gasteiger partial charge in [0.05, 0.1) is 6.10 Å². The number of aliphatic hydroxyl groups is 1. The van der Waals surface area contributed by atoms with Crippen molar-refractivity contribution in [1.82, 2.24) is 0 Å². The molecule has 1 N–H and O–H groups in total. The summed E-state index contributed by atoms with van der Waals surface area (Å²) in [7, 11) is 0. The Bertz CT molecular complexity index is 216. The Morgan fingerprint density at radius 1 is 1.12 bits per heavy atom. The lowest BCUT2D eigenvalue weighted by Crippen LogP contribution is -2.37. The molecule has 0 radical (unpaired) electrons. The molecule has 1 heterocycles. The van der Waals surface area contributed by atoms with E-state index in [-0.39, 0.29) is 6.10 Å². The van der Waals surface area contributed by atoms with Crippen LogP contribution in [-0.4, -0.2) is 33.2 Å². The minimum Gasteiger partial charge on any atom is -0.392 e. The molecule has 3 unspecified atom stereocenters. The fraction of sp³-hybridized carbons (Fsp3) is 1.00. The van der Waals surface area contributed by atoms with Crippen LogP contribution in [0.15, 0.2) is 0 Å². The van der Waals surface area contributed by atoms with Crippen LogP contribution in [0, 0.1) is 5.92 Å². The molecule has 0 spiro atoms. The molecule has 3 heteroatoms. The van der Waals surface area contributed by atoms with E-state index in [1.165, 1.54) is 50.0 Å². The molecule has 0 aromatic carbocycles. The molecule has 2 fully saturated rings. The second-order valence-electron chi connectivity index (χ2n) is 5.46. The van der Waals surface area contributed by atoms with Gasteiger partial charge in [0.1, 0.15) is 0 Å². The van der Waals surface area contributed by atoms with Crippen molar-refractivity contribution < 1.29 is 5.11 Å². The largest absolute Gasteiger partial charge is 0.392 e. The quantitative estimate of drug-likeness (QED) is 0.838. The Balaban J connectivity index is 1.82. The molecule has 1 aliphatic heterocycles. The summed E-state index contributed by atoms with van der Waals surface area (Å²) in [6, 6.07) is 0. The molecule has 1 aliphatic carbocycles. The van der Waals surface area contributed by atoms with Crippen molar-refractivity contribution in [3.05, 3.63) is 0 Å². The predicted molar refractivity (Wildman–Crippen MR) is 80.0 cm³/mol. The fourth-order valence-corrected chi connectivity index (χ4v) is 6.36. The van der Waals surface area contributed by atoms with Gasteiger partial charge in [0.2, 0.25) is 0 Å². The number of rotatable bonds is 4. The summed E-state index contributed by atoms with van der Waals surface area (Å²) in [6.07, 6.45) is 9.14. The maximum Gasteiger partial charge on any atom is 0.0672 e. The monoisotopic (exact) mass is 274 g/mol. The Morgan fingerprint density at radius 3 is 2.53 bits per heavy atom.